The minimum absolute atomic E-state index is 0.0476. The van der Waals surface area contributed by atoms with E-state index < -0.39 is 24.3 Å². The second-order valence-corrected chi connectivity index (χ2v) is 6.53. The largest absolute Gasteiger partial charge is 0.438 e. The van der Waals surface area contributed by atoms with Crippen molar-refractivity contribution in [3.05, 3.63) is 34.5 Å². The van der Waals surface area contributed by atoms with Gasteiger partial charge in [-0.2, -0.15) is 33.1 Å². The molecule has 13 heteroatoms. The van der Waals surface area contributed by atoms with Crippen molar-refractivity contribution >= 4 is 28.8 Å². The highest BCUT2D eigenvalue weighted by Crippen LogP contribution is 2.42. The molecule has 2 aliphatic rings. The van der Waals surface area contributed by atoms with Gasteiger partial charge in [0.25, 0.3) is 11.7 Å². The number of hydrogen-bond donors (Lipinski definition) is 2. The SMILES string of the molecule is NC1=NN=C(N2N=C(c3cccs3)CC2(O)C(F)(F)F)n2ncnc2C1. The number of aromatic nitrogens is 3. The number of fused-ring (bicyclic) bond motifs is 1. The molecular formula is C13H11F3N8OS. The van der Waals surface area contributed by atoms with Crippen LogP contribution in [0.25, 0.3) is 0 Å². The molecule has 3 N–H and O–H groups in total. The van der Waals surface area contributed by atoms with Crippen LogP contribution in [0.1, 0.15) is 17.1 Å². The summed E-state index contributed by atoms with van der Waals surface area (Å²) in [5.74, 6) is -0.164. The summed E-state index contributed by atoms with van der Waals surface area (Å²) in [6, 6.07) is 3.30. The van der Waals surface area contributed by atoms with Crippen LogP contribution in [-0.4, -0.2) is 54.3 Å². The van der Waals surface area contributed by atoms with Crippen LogP contribution in [0.15, 0.2) is 39.1 Å². The van der Waals surface area contributed by atoms with E-state index in [0.29, 0.717) is 9.89 Å². The fourth-order valence-corrected chi connectivity index (χ4v) is 3.30. The highest BCUT2D eigenvalue weighted by molar-refractivity contribution is 7.12. The molecule has 0 radical (unpaired) electrons. The molecule has 0 aromatic carbocycles. The van der Waals surface area contributed by atoms with Crippen molar-refractivity contribution in [2.45, 2.75) is 24.7 Å². The highest BCUT2D eigenvalue weighted by Gasteiger charge is 2.63. The van der Waals surface area contributed by atoms with Gasteiger partial charge in [-0.25, -0.2) is 4.98 Å². The lowest BCUT2D eigenvalue weighted by atomic mass is 10.1. The van der Waals surface area contributed by atoms with Gasteiger partial charge >= 0.3 is 6.18 Å². The number of alkyl halides is 3. The Labute approximate surface area is 148 Å². The Morgan fingerprint density at radius 1 is 1.31 bits per heavy atom. The zero-order chi connectivity index (χ0) is 18.5. The van der Waals surface area contributed by atoms with Crippen molar-refractivity contribution in [3.8, 4) is 0 Å². The molecule has 1 atom stereocenters. The van der Waals surface area contributed by atoms with Crippen molar-refractivity contribution in [1.29, 1.82) is 0 Å². The molecule has 4 rings (SSSR count). The van der Waals surface area contributed by atoms with Gasteiger partial charge in [-0.15, -0.1) is 21.5 Å². The highest BCUT2D eigenvalue weighted by atomic mass is 32.1. The van der Waals surface area contributed by atoms with Crippen molar-refractivity contribution in [2.75, 3.05) is 0 Å². The standard InChI is InChI=1S/C13H11F3N8OS/c14-13(15,16)12(25)5-7(8-2-1-3-26-8)22-24(12)11-21-20-9(17)4-10-18-6-19-23(10)11/h1-3,6,25H,4-5H2,(H2,17,20). The molecule has 0 saturated carbocycles. The predicted molar refractivity (Wildman–Crippen MR) is 86.5 cm³/mol. The van der Waals surface area contributed by atoms with Crippen LogP contribution in [0.3, 0.4) is 0 Å². The summed E-state index contributed by atoms with van der Waals surface area (Å²) in [5, 5.41) is 27.8. The average molecular weight is 384 g/mol. The van der Waals surface area contributed by atoms with E-state index in [0.717, 1.165) is 11.0 Å². The lowest BCUT2D eigenvalue weighted by Gasteiger charge is -2.33. The molecule has 2 aromatic rings. The Morgan fingerprint density at radius 2 is 2.12 bits per heavy atom. The Hall–Kier alpha value is -2.80. The minimum Gasteiger partial charge on any atom is -0.385 e. The summed E-state index contributed by atoms with van der Waals surface area (Å²) in [6.07, 6.45) is -4.58. The first-order chi connectivity index (χ1) is 12.3. The number of hydrazone groups is 1. The van der Waals surface area contributed by atoms with E-state index in [-0.39, 0.29) is 23.8 Å². The Balaban J connectivity index is 1.87. The number of halogens is 3. The molecule has 4 heterocycles. The normalized spacial score (nSPS) is 23.2. The summed E-state index contributed by atoms with van der Waals surface area (Å²) in [4.78, 5) is 4.45. The van der Waals surface area contributed by atoms with Crippen LogP contribution in [0.4, 0.5) is 13.2 Å². The number of nitrogens with zero attached hydrogens (tertiary/aromatic N) is 7. The smallest absolute Gasteiger partial charge is 0.385 e. The topological polar surface area (TPSA) is 117 Å². The Bertz CT molecular complexity index is 932. The molecule has 0 amide bonds. The quantitative estimate of drug-likeness (QED) is 0.752. The summed E-state index contributed by atoms with van der Waals surface area (Å²) < 4.78 is 42.2. The average Bonchev–Trinajstić information content (AvgIpc) is 3.27. The van der Waals surface area contributed by atoms with Gasteiger partial charge in [0.15, 0.2) is 0 Å². The molecule has 0 bridgehead atoms. The number of thiophene rings is 1. The number of amidine groups is 1. The van der Waals surface area contributed by atoms with E-state index in [9.17, 15) is 18.3 Å². The van der Waals surface area contributed by atoms with Crippen molar-refractivity contribution in [1.82, 2.24) is 19.8 Å². The van der Waals surface area contributed by atoms with Gasteiger partial charge in [0.2, 0.25) is 0 Å². The summed E-state index contributed by atoms with van der Waals surface area (Å²) in [5.41, 5.74) is 2.42. The first-order valence-electron chi connectivity index (χ1n) is 7.29. The number of rotatable bonds is 1. The van der Waals surface area contributed by atoms with Gasteiger partial charge in [0.1, 0.15) is 18.0 Å². The summed E-state index contributed by atoms with van der Waals surface area (Å²) in [6.45, 7) is 0. The van der Waals surface area contributed by atoms with E-state index in [1.165, 1.54) is 11.3 Å². The molecule has 26 heavy (non-hydrogen) atoms. The molecule has 9 nitrogen and oxygen atoms in total. The van der Waals surface area contributed by atoms with Crippen LogP contribution < -0.4 is 5.73 Å². The lowest BCUT2D eigenvalue weighted by Crippen LogP contribution is -2.58. The van der Waals surface area contributed by atoms with Gasteiger partial charge in [-0.3, -0.25) is 0 Å². The van der Waals surface area contributed by atoms with E-state index >= 15 is 0 Å². The van der Waals surface area contributed by atoms with E-state index in [1.807, 2.05) is 0 Å². The molecule has 136 valence electrons. The third kappa shape index (κ3) is 2.47. The monoisotopic (exact) mass is 384 g/mol. The van der Waals surface area contributed by atoms with Crippen molar-refractivity contribution in [2.24, 2.45) is 21.0 Å². The van der Waals surface area contributed by atoms with Crippen LogP contribution in [0, 0.1) is 0 Å². The lowest BCUT2D eigenvalue weighted by molar-refractivity contribution is -0.295. The van der Waals surface area contributed by atoms with E-state index in [4.69, 9.17) is 5.73 Å². The van der Waals surface area contributed by atoms with E-state index in [2.05, 4.69) is 25.4 Å². The summed E-state index contributed by atoms with van der Waals surface area (Å²) in [7, 11) is 0. The van der Waals surface area contributed by atoms with Crippen LogP contribution in [0.2, 0.25) is 0 Å². The van der Waals surface area contributed by atoms with E-state index in [1.54, 1.807) is 17.5 Å². The molecule has 0 aliphatic carbocycles. The number of hydrogen-bond acceptors (Lipinski definition) is 9. The fraction of sp³-hybridized carbons (Fsp3) is 0.308. The third-order valence-corrected chi connectivity index (χ3v) is 4.77. The number of aliphatic hydroxyl groups is 1. The number of nitrogens with two attached hydrogens (primary N) is 1. The Morgan fingerprint density at radius 3 is 2.81 bits per heavy atom. The first-order valence-corrected chi connectivity index (χ1v) is 8.17. The molecular weight excluding hydrogens is 373 g/mol. The molecule has 2 aliphatic heterocycles. The van der Waals surface area contributed by atoms with Crippen molar-refractivity contribution in [3.63, 3.8) is 0 Å². The zero-order valence-electron chi connectivity index (χ0n) is 12.9. The molecule has 2 aromatic heterocycles. The van der Waals surface area contributed by atoms with Gasteiger partial charge in [-0.1, -0.05) is 6.07 Å². The summed E-state index contributed by atoms with van der Waals surface area (Å²) >= 11 is 1.21. The third-order valence-electron chi connectivity index (χ3n) is 3.85. The minimum atomic E-state index is -5.01. The van der Waals surface area contributed by atoms with Gasteiger partial charge in [0.05, 0.1) is 23.4 Å². The van der Waals surface area contributed by atoms with Gasteiger partial charge in [-0.05, 0) is 11.4 Å². The maximum absolute atomic E-state index is 13.7. The van der Waals surface area contributed by atoms with Crippen molar-refractivity contribution < 1.29 is 18.3 Å². The van der Waals surface area contributed by atoms with Gasteiger partial charge < -0.3 is 10.8 Å². The van der Waals surface area contributed by atoms with Crippen LogP contribution in [-0.2, 0) is 6.42 Å². The Kier molecular flexibility index (Phi) is 3.59. The maximum atomic E-state index is 13.7. The first kappa shape index (κ1) is 16.7. The molecule has 1 unspecified atom stereocenters. The zero-order valence-corrected chi connectivity index (χ0v) is 13.7. The maximum Gasteiger partial charge on any atom is 0.438 e. The predicted octanol–water partition coefficient (Wildman–Crippen LogP) is 0.733. The second-order valence-electron chi connectivity index (χ2n) is 5.58. The van der Waals surface area contributed by atoms with Crippen LogP contribution in [0.5, 0.6) is 0 Å². The van der Waals surface area contributed by atoms with Crippen LogP contribution >= 0.6 is 11.3 Å². The second kappa shape index (κ2) is 5.60. The fourth-order valence-electron chi connectivity index (χ4n) is 2.59. The molecule has 0 fully saturated rings. The van der Waals surface area contributed by atoms with Gasteiger partial charge in [0, 0.05) is 0 Å². The molecule has 0 spiro atoms. The molecule has 0 saturated heterocycles.